The molecule has 0 aromatic carbocycles. The number of aromatic nitrogens is 2. The van der Waals surface area contributed by atoms with Crippen LogP contribution in [0.2, 0.25) is 0 Å². The molecule has 2 aliphatic carbocycles. The summed E-state index contributed by atoms with van der Waals surface area (Å²) in [4.78, 5) is 34.8. The Morgan fingerprint density at radius 2 is 1.87 bits per heavy atom. The van der Waals surface area contributed by atoms with Crippen molar-refractivity contribution in [2.45, 2.75) is 89.3 Å². The molecule has 208 valence electrons. The van der Waals surface area contributed by atoms with E-state index in [-0.39, 0.29) is 31.2 Å². The van der Waals surface area contributed by atoms with Crippen molar-refractivity contribution in [3.63, 3.8) is 0 Å². The number of alkyl halides is 2. The number of hydrogen-bond acceptors (Lipinski definition) is 5. The molecule has 3 fully saturated rings. The Balaban J connectivity index is 1.35. The summed E-state index contributed by atoms with van der Waals surface area (Å²) in [5.74, 6) is -1.77. The summed E-state index contributed by atoms with van der Waals surface area (Å²) in [7, 11) is 0. The summed E-state index contributed by atoms with van der Waals surface area (Å²) in [5.41, 5.74) is 0.854. The Morgan fingerprint density at radius 1 is 1.16 bits per heavy atom. The van der Waals surface area contributed by atoms with E-state index < -0.39 is 29.2 Å². The van der Waals surface area contributed by atoms with Gasteiger partial charge in [0, 0.05) is 45.2 Å². The van der Waals surface area contributed by atoms with Crippen LogP contribution in [-0.2, 0) is 15.1 Å². The highest BCUT2D eigenvalue weighted by Crippen LogP contribution is 2.43. The molecule has 1 saturated heterocycles. The number of piperazine rings is 1. The number of amides is 2. The highest BCUT2D eigenvalue weighted by Gasteiger charge is 2.47. The molecule has 38 heavy (non-hydrogen) atoms. The van der Waals surface area contributed by atoms with Gasteiger partial charge in [-0.25, -0.2) is 18.6 Å². The van der Waals surface area contributed by atoms with E-state index in [2.05, 4.69) is 11.4 Å². The molecule has 0 unspecified atom stereocenters. The minimum atomic E-state index is -2.62. The average Bonchev–Trinajstić information content (AvgIpc) is 3.53. The van der Waals surface area contributed by atoms with Crippen molar-refractivity contribution in [2.24, 2.45) is 5.92 Å². The van der Waals surface area contributed by atoms with Gasteiger partial charge in [-0.1, -0.05) is 6.07 Å². The minimum absolute atomic E-state index is 0.133. The first-order valence-electron chi connectivity index (χ1n) is 13.6. The van der Waals surface area contributed by atoms with Crippen LogP contribution in [0, 0.1) is 5.92 Å². The molecular formula is C28H39F2N5O3. The van der Waals surface area contributed by atoms with Gasteiger partial charge >= 0.3 is 6.09 Å². The summed E-state index contributed by atoms with van der Waals surface area (Å²) in [6.07, 6.45) is 5.38. The van der Waals surface area contributed by atoms with Crippen LogP contribution >= 0.6 is 0 Å². The Kier molecular flexibility index (Phi) is 6.69. The molecule has 2 saturated carbocycles. The van der Waals surface area contributed by atoms with E-state index in [1.807, 2.05) is 41.6 Å². The van der Waals surface area contributed by atoms with Crippen molar-refractivity contribution in [3.8, 4) is 0 Å². The van der Waals surface area contributed by atoms with E-state index in [9.17, 15) is 18.4 Å². The van der Waals surface area contributed by atoms with Gasteiger partial charge in [0.1, 0.15) is 17.5 Å². The number of fused-ring (bicyclic) bond motifs is 1. The van der Waals surface area contributed by atoms with Crippen molar-refractivity contribution in [2.75, 3.05) is 26.2 Å². The first kappa shape index (κ1) is 26.8. The second-order valence-corrected chi connectivity index (χ2v) is 12.8. The van der Waals surface area contributed by atoms with E-state index in [1.54, 1.807) is 25.7 Å². The molecule has 3 heterocycles. The van der Waals surface area contributed by atoms with Gasteiger partial charge < -0.3 is 19.4 Å². The van der Waals surface area contributed by atoms with Crippen LogP contribution in [0.15, 0.2) is 24.5 Å². The van der Waals surface area contributed by atoms with Crippen molar-refractivity contribution in [3.05, 3.63) is 35.9 Å². The third-order valence-electron chi connectivity index (χ3n) is 7.73. The van der Waals surface area contributed by atoms with Crippen LogP contribution in [-0.4, -0.2) is 74.9 Å². The third kappa shape index (κ3) is 5.65. The van der Waals surface area contributed by atoms with Gasteiger partial charge in [0.15, 0.2) is 0 Å². The van der Waals surface area contributed by atoms with Crippen molar-refractivity contribution >= 4 is 17.5 Å². The second kappa shape index (κ2) is 9.47. The molecule has 1 aliphatic heterocycles. The molecular weight excluding hydrogens is 492 g/mol. The zero-order valence-electron chi connectivity index (χ0n) is 23.0. The number of hydrogen-bond donors (Lipinski definition) is 1. The number of pyridine rings is 1. The number of nitrogens with one attached hydrogen (secondary N) is 1. The smallest absolute Gasteiger partial charge is 0.410 e. The van der Waals surface area contributed by atoms with Crippen molar-refractivity contribution in [1.29, 1.82) is 0 Å². The first-order chi connectivity index (χ1) is 17.7. The van der Waals surface area contributed by atoms with E-state index in [0.29, 0.717) is 31.4 Å². The number of ether oxygens (including phenoxy) is 1. The van der Waals surface area contributed by atoms with Crippen LogP contribution < -0.4 is 5.32 Å². The normalized spacial score (nSPS) is 22.8. The molecule has 0 spiro atoms. The number of carbonyl (C=O) groups is 2. The number of imidazole rings is 1. The maximum atomic E-state index is 13.8. The molecule has 3 aliphatic rings. The van der Waals surface area contributed by atoms with E-state index in [4.69, 9.17) is 9.72 Å². The van der Waals surface area contributed by atoms with E-state index >= 15 is 0 Å². The maximum absolute atomic E-state index is 13.8. The number of carbonyl (C=O) groups excluding carboxylic acids is 2. The Morgan fingerprint density at radius 3 is 2.50 bits per heavy atom. The molecule has 2 amide bonds. The summed E-state index contributed by atoms with van der Waals surface area (Å²) in [5, 5.41) is 3.16. The molecule has 8 nitrogen and oxygen atoms in total. The molecule has 10 heteroatoms. The van der Waals surface area contributed by atoms with Gasteiger partial charge in [0.05, 0.1) is 17.3 Å². The minimum Gasteiger partial charge on any atom is -0.444 e. The lowest BCUT2D eigenvalue weighted by molar-refractivity contribution is -0.136. The Bertz CT molecular complexity index is 1210. The molecule has 0 radical (unpaired) electrons. The fourth-order valence-electron chi connectivity index (χ4n) is 5.72. The third-order valence-corrected chi connectivity index (χ3v) is 7.73. The molecule has 0 bridgehead atoms. The molecule has 5 rings (SSSR count). The van der Waals surface area contributed by atoms with Gasteiger partial charge in [-0.2, -0.15) is 0 Å². The zero-order chi connectivity index (χ0) is 27.5. The lowest BCUT2D eigenvalue weighted by atomic mass is 9.80. The Hall–Kier alpha value is -2.75. The quantitative estimate of drug-likeness (QED) is 0.593. The lowest BCUT2D eigenvalue weighted by Crippen LogP contribution is -2.63. The predicted molar refractivity (Wildman–Crippen MR) is 139 cm³/mol. The van der Waals surface area contributed by atoms with Crippen LogP contribution in [0.1, 0.15) is 77.6 Å². The molecule has 2 aromatic rings. The van der Waals surface area contributed by atoms with Crippen LogP contribution in [0.25, 0.3) is 5.52 Å². The van der Waals surface area contributed by atoms with Crippen LogP contribution in [0.3, 0.4) is 0 Å². The molecule has 2 aromatic heterocycles. The number of rotatable bonds is 6. The van der Waals surface area contributed by atoms with Crippen molar-refractivity contribution < 1.29 is 23.1 Å². The zero-order valence-corrected chi connectivity index (χ0v) is 23.0. The summed E-state index contributed by atoms with van der Waals surface area (Å²) < 4.78 is 34.7. The van der Waals surface area contributed by atoms with Gasteiger partial charge in [-0.05, 0) is 70.9 Å². The largest absolute Gasteiger partial charge is 0.444 e. The van der Waals surface area contributed by atoms with Gasteiger partial charge in [-0.3, -0.25) is 9.69 Å². The number of halogens is 2. The van der Waals surface area contributed by atoms with Crippen molar-refractivity contribution in [1.82, 2.24) is 24.5 Å². The topological polar surface area (TPSA) is 79.2 Å². The highest BCUT2D eigenvalue weighted by atomic mass is 19.3. The molecule has 1 atom stereocenters. The van der Waals surface area contributed by atoms with Crippen LogP contribution in [0.5, 0.6) is 0 Å². The average molecular weight is 532 g/mol. The second-order valence-electron chi connectivity index (χ2n) is 12.8. The van der Waals surface area contributed by atoms with Gasteiger partial charge in [0.25, 0.3) is 0 Å². The lowest BCUT2D eigenvalue weighted by Gasteiger charge is -2.45. The fourth-order valence-corrected chi connectivity index (χ4v) is 5.72. The SMILES string of the molecule is CC(C)(C)OC(=O)N1CCN(CC2CC(F)(F)C2)[C@H](C(=O)NC(C)(C)c2ncc3c(C4CC4)cccn23)C1. The fraction of sp³-hybridized carbons (Fsp3) is 0.679. The maximum Gasteiger partial charge on any atom is 0.410 e. The monoisotopic (exact) mass is 531 g/mol. The summed E-state index contributed by atoms with van der Waals surface area (Å²) >= 11 is 0. The summed E-state index contributed by atoms with van der Waals surface area (Å²) in [6.45, 7) is 10.5. The highest BCUT2D eigenvalue weighted by molar-refractivity contribution is 5.84. The molecule has 1 N–H and O–H groups in total. The van der Waals surface area contributed by atoms with E-state index in [0.717, 1.165) is 5.52 Å². The standard InChI is InChI=1S/C28H39F2N5O3/c1-26(2,3)38-25(37)34-12-11-33(16-18-13-28(29,30)14-18)22(17-34)23(36)32-27(4,5)24-31-15-21-20(19-8-9-19)7-6-10-35(21)24/h6-7,10,15,18-19,22H,8-9,11-14,16-17H2,1-5H3,(H,32,36)/t22-/m0/s1. The summed E-state index contributed by atoms with van der Waals surface area (Å²) in [6, 6.07) is 3.47. The van der Waals surface area contributed by atoms with E-state index in [1.165, 1.54) is 18.4 Å². The van der Waals surface area contributed by atoms with Gasteiger partial charge in [0.2, 0.25) is 11.8 Å². The predicted octanol–water partition coefficient (Wildman–Crippen LogP) is 4.53. The van der Waals surface area contributed by atoms with Gasteiger partial charge in [-0.15, -0.1) is 0 Å². The Labute approximate surface area is 222 Å². The van der Waals surface area contributed by atoms with Crippen LogP contribution in [0.4, 0.5) is 13.6 Å². The first-order valence-corrected chi connectivity index (χ1v) is 13.6. The number of nitrogens with zero attached hydrogens (tertiary/aromatic N) is 4.